The Bertz CT molecular complexity index is 888. The van der Waals surface area contributed by atoms with Crippen molar-refractivity contribution < 1.29 is 4.79 Å². The molecular weight excluding hydrogens is 356 g/mol. The Morgan fingerprint density at radius 1 is 1.22 bits per heavy atom. The minimum atomic E-state index is 0.0396. The number of pyridine rings is 1. The largest absolute Gasteiger partial charge is 0.349 e. The highest BCUT2D eigenvalue weighted by molar-refractivity contribution is 7.98. The molecule has 6 heteroatoms. The van der Waals surface area contributed by atoms with Crippen LogP contribution in [0.4, 0.5) is 0 Å². The van der Waals surface area contributed by atoms with Crippen molar-refractivity contribution in [3.8, 4) is 0 Å². The van der Waals surface area contributed by atoms with E-state index in [2.05, 4.69) is 27.2 Å². The average Bonchev–Trinajstić information content (AvgIpc) is 3.11. The third-order valence-corrected chi connectivity index (χ3v) is 6.23. The summed E-state index contributed by atoms with van der Waals surface area (Å²) in [6, 6.07) is 10.1. The van der Waals surface area contributed by atoms with Crippen molar-refractivity contribution >= 4 is 28.7 Å². The van der Waals surface area contributed by atoms with E-state index in [1.54, 1.807) is 24.2 Å². The van der Waals surface area contributed by atoms with Crippen LogP contribution in [0.25, 0.3) is 11.0 Å². The number of H-pyrrole nitrogens is 1. The van der Waals surface area contributed by atoms with Crippen molar-refractivity contribution in [1.82, 2.24) is 20.3 Å². The van der Waals surface area contributed by atoms with Crippen molar-refractivity contribution in [3.63, 3.8) is 0 Å². The molecule has 2 heterocycles. The van der Waals surface area contributed by atoms with Crippen LogP contribution in [0.2, 0.25) is 0 Å². The molecule has 2 atom stereocenters. The van der Waals surface area contributed by atoms with Crippen LogP contribution in [0.1, 0.15) is 48.5 Å². The first-order valence-corrected chi connectivity index (χ1v) is 10.5. The van der Waals surface area contributed by atoms with Crippen molar-refractivity contribution in [1.29, 1.82) is 0 Å². The van der Waals surface area contributed by atoms with Crippen molar-refractivity contribution in [2.75, 3.05) is 0 Å². The second-order valence-electron chi connectivity index (χ2n) is 7.26. The summed E-state index contributed by atoms with van der Waals surface area (Å²) in [5, 5.41) is 4.09. The summed E-state index contributed by atoms with van der Waals surface area (Å²) in [7, 11) is 0. The minimum absolute atomic E-state index is 0.0396. The van der Waals surface area contributed by atoms with Crippen molar-refractivity contribution in [2.24, 2.45) is 5.92 Å². The molecule has 1 aromatic carbocycles. The number of hydrogen-bond acceptors (Lipinski definition) is 4. The van der Waals surface area contributed by atoms with E-state index >= 15 is 0 Å². The van der Waals surface area contributed by atoms with Crippen LogP contribution in [0.3, 0.4) is 0 Å². The fraction of sp³-hybridized carbons (Fsp3) is 0.381. The molecule has 1 aliphatic rings. The highest BCUT2D eigenvalue weighted by Crippen LogP contribution is 2.25. The summed E-state index contributed by atoms with van der Waals surface area (Å²) in [6.07, 6.45) is 8.32. The van der Waals surface area contributed by atoms with E-state index in [-0.39, 0.29) is 5.91 Å². The Morgan fingerprint density at radius 3 is 2.81 bits per heavy atom. The molecule has 1 fully saturated rings. The first-order chi connectivity index (χ1) is 13.2. The number of fused-ring (bicyclic) bond motifs is 1. The van der Waals surface area contributed by atoms with Crippen molar-refractivity contribution in [2.45, 2.75) is 49.6 Å². The lowest BCUT2D eigenvalue weighted by atomic mass is 9.86. The summed E-state index contributed by atoms with van der Waals surface area (Å²) in [6.45, 7) is 2.23. The molecule has 0 spiro atoms. The summed E-state index contributed by atoms with van der Waals surface area (Å²) in [5.74, 6) is 1.41. The first-order valence-electron chi connectivity index (χ1n) is 9.51. The third-order valence-electron chi connectivity index (χ3n) is 5.28. The zero-order valence-electron chi connectivity index (χ0n) is 15.4. The monoisotopic (exact) mass is 380 g/mol. The van der Waals surface area contributed by atoms with E-state index in [0.29, 0.717) is 12.0 Å². The molecule has 1 saturated carbocycles. The smallest absolute Gasteiger partial charge is 0.251 e. The van der Waals surface area contributed by atoms with Crippen LogP contribution in [-0.4, -0.2) is 26.9 Å². The van der Waals surface area contributed by atoms with E-state index in [0.717, 1.165) is 33.9 Å². The van der Waals surface area contributed by atoms with Gasteiger partial charge in [-0.1, -0.05) is 43.7 Å². The average molecular weight is 381 g/mol. The SMILES string of the molecule is CC1CCCCC1NC(=O)c1ccc(CSc2nc3ccncc3[nH]2)cc1. The number of benzene rings is 1. The standard InChI is InChI=1S/C21H24N4OS/c1-14-4-2-3-5-17(14)23-20(26)16-8-6-15(7-9-16)13-27-21-24-18-10-11-22-12-19(18)25-21/h6-12,14,17H,2-5,13H2,1H3,(H,23,26)(H,24,25). The summed E-state index contributed by atoms with van der Waals surface area (Å²) >= 11 is 1.65. The molecule has 2 aromatic heterocycles. The molecule has 140 valence electrons. The lowest BCUT2D eigenvalue weighted by molar-refractivity contribution is 0.0910. The molecule has 0 bridgehead atoms. The van der Waals surface area contributed by atoms with Gasteiger partial charge in [0, 0.05) is 23.6 Å². The lowest BCUT2D eigenvalue weighted by Gasteiger charge is -2.29. The quantitative estimate of drug-likeness (QED) is 0.637. The molecule has 1 amide bonds. The summed E-state index contributed by atoms with van der Waals surface area (Å²) < 4.78 is 0. The predicted molar refractivity (Wildman–Crippen MR) is 109 cm³/mol. The van der Waals surface area contributed by atoms with Crippen LogP contribution in [0.5, 0.6) is 0 Å². The molecule has 5 nitrogen and oxygen atoms in total. The molecular formula is C21H24N4OS. The van der Waals surface area contributed by atoms with E-state index in [4.69, 9.17) is 0 Å². The topological polar surface area (TPSA) is 70.7 Å². The summed E-state index contributed by atoms with van der Waals surface area (Å²) in [5.41, 5.74) is 3.78. The van der Waals surface area contributed by atoms with Gasteiger partial charge in [0.1, 0.15) is 0 Å². The van der Waals surface area contributed by atoms with Crippen LogP contribution in [0, 0.1) is 5.92 Å². The van der Waals surface area contributed by atoms with Gasteiger partial charge in [0.05, 0.1) is 17.2 Å². The van der Waals surface area contributed by atoms with Gasteiger partial charge in [-0.05, 0) is 42.5 Å². The third kappa shape index (κ3) is 4.33. The second-order valence-corrected chi connectivity index (χ2v) is 8.23. The Kier molecular flexibility index (Phi) is 5.43. The lowest BCUT2D eigenvalue weighted by Crippen LogP contribution is -2.41. The van der Waals surface area contributed by atoms with Gasteiger partial charge in [0.2, 0.25) is 0 Å². The molecule has 2 N–H and O–H groups in total. The fourth-order valence-electron chi connectivity index (χ4n) is 3.59. The molecule has 0 radical (unpaired) electrons. The number of aromatic nitrogens is 3. The number of amides is 1. The molecule has 3 aromatic rings. The van der Waals surface area contributed by atoms with Gasteiger partial charge in [0.25, 0.3) is 5.91 Å². The van der Waals surface area contributed by atoms with Gasteiger partial charge in [0.15, 0.2) is 5.16 Å². The zero-order valence-corrected chi connectivity index (χ0v) is 16.3. The van der Waals surface area contributed by atoms with E-state index < -0.39 is 0 Å². The number of thioether (sulfide) groups is 1. The Balaban J connectivity index is 1.34. The number of nitrogens with one attached hydrogen (secondary N) is 2. The molecule has 4 rings (SSSR count). The molecule has 2 unspecified atom stereocenters. The Labute approximate surface area is 163 Å². The molecule has 0 saturated heterocycles. The maximum Gasteiger partial charge on any atom is 0.251 e. The number of rotatable bonds is 5. The molecule has 0 aliphatic heterocycles. The number of aromatic amines is 1. The van der Waals surface area contributed by atoms with Gasteiger partial charge in [-0.2, -0.15) is 0 Å². The minimum Gasteiger partial charge on any atom is -0.349 e. The Hall–Kier alpha value is -2.34. The number of carbonyl (C=O) groups excluding carboxylic acids is 1. The molecule has 1 aliphatic carbocycles. The Morgan fingerprint density at radius 2 is 2.04 bits per heavy atom. The van der Waals surface area contributed by atoms with Gasteiger partial charge in [-0.3, -0.25) is 9.78 Å². The fourth-order valence-corrected chi connectivity index (χ4v) is 4.43. The number of nitrogens with zero attached hydrogens (tertiary/aromatic N) is 2. The maximum absolute atomic E-state index is 12.5. The number of carbonyl (C=O) groups is 1. The number of hydrogen-bond donors (Lipinski definition) is 2. The van der Waals surface area contributed by atoms with Crippen molar-refractivity contribution in [3.05, 3.63) is 53.9 Å². The van der Waals surface area contributed by atoms with Crippen LogP contribution >= 0.6 is 11.8 Å². The molecule has 27 heavy (non-hydrogen) atoms. The number of imidazole rings is 1. The first kappa shape index (κ1) is 18.0. The highest BCUT2D eigenvalue weighted by atomic mass is 32.2. The zero-order chi connectivity index (χ0) is 18.6. The van der Waals surface area contributed by atoms with E-state index in [1.807, 2.05) is 30.3 Å². The highest BCUT2D eigenvalue weighted by Gasteiger charge is 2.23. The maximum atomic E-state index is 12.5. The summed E-state index contributed by atoms with van der Waals surface area (Å²) in [4.78, 5) is 24.4. The van der Waals surface area contributed by atoms with Gasteiger partial charge < -0.3 is 10.3 Å². The second kappa shape index (κ2) is 8.13. The van der Waals surface area contributed by atoms with E-state index in [1.165, 1.54) is 24.8 Å². The predicted octanol–water partition coefficient (Wildman–Crippen LogP) is 4.56. The van der Waals surface area contributed by atoms with Crippen LogP contribution in [0.15, 0.2) is 47.9 Å². The normalized spacial score (nSPS) is 19.9. The van der Waals surface area contributed by atoms with Crippen LogP contribution in [-0.2, 0) is 5.75 Å². The van der Waals surface area contributed by atoms with Gasteiger partial charge in [-0.15, -0.1) is 0 Å². The van der Waals surface area contributed by atoms with Gasteiger partial charge >= 0.3 is 0 Å². The van der Waals surface area contributed by atoms with E-state index in [9.17, 15) is 4.79 Å². The van der Waals surface area contributed by atoms with Gasteiger partial charge in [-0.25, -0.2) is 4.98 Å². The van der Waals surface area contributed by atoms with Crippen LogP contribution < -0.4 is 5.32 Å².